The topological polar surface area (TPSA) is 149 Å². The van der Waals surface area contributed by atoms with Crippen molar-refractivity contribution in [3.05, 3.63) is 81.8 Å². The lowest BCUT2D eigenvalue weighted by molar-refractivity contribution is -0.141. The zero-order chi connectivity index (χ0) is 33.7. The molecule has 2 aromatic heterocycles. The van der Waals surface area contributed by atoms with E-state index in [2.05, 4.69) is 33.5 Å². The maximum absolute atomic E-state index is 13.4. The second-order valence-electron chi connectivity index (χ2n) is 12.7. The summed E-state index contributed by atoms with van der Waals surface area (Å²) in [6.45, 7) is 5.73. The van der Waals surface area contributed by atoms with Gasteiger partial charge in [0.15, 0.2) is 5.58 Å². The number of aliphatic carboxylic acids is 1. The predicted molar refractivity (Wildman–Crippen MR) is 183 cm³/mol. The summed E-state index contributed by atoms with van der Waals surface area (Å²) in [5.41, 5.74) is 6.83. The van der Waals surface area contributed by atoms with E-state index in [0.29, 0.717) is 71.2 Å². The molecule has 1 unspecified atom stereocenters. The van der Waals surface area contributed by atoms with Gasteiger partial charge >= 0.3 is 5.97 Å². The van der Waals surface area contributed by atoms with E-state index < -0.39 is 5.97 Å². The molecule has 2 atom stereocenters. The molecule has 7 rings (SSSR count). The van der Waals surface area contributed by atoms with Crippen LogP contribution in [0, 0.1) is 24.2 Å². The van der Waals surface area contributed by atoms with Gasteiger partial charge in [0.25, 0.3) is 5.91 Å². The Morgan fingerprint density at radius 2 is 1.92 bits per heavy atom. The fourth-order valence-corrected chi connectivity index (χ4v) is 7.06. The van der Waals surface area contributed by atoms with Gasteiger partial charge in [-0.3, -0.25) is 14.5 Å². The average molecular weight is 664 g/mol. The number of fused-ring (bicyclic) bond motifs is 2. The normalized spacial score (nSPS) is 17.6. The number of nitrogens with zero attached hydrogens (tertiary/aromatic N) is 5. The summed E-state index contributed by atoms with van der Waals surface area (Å²) in [6, 6.07) is 17.5. The Kier molecular flexibility index (Phi) is 8.15. The van der Waals surface area contributed by atoms with Gasteiger partial charge in [0.1, 0.15) is 17.4 Å². The Morgan fingerprint density at radius 1 is 1.15 bits per heavy atom. The number of oxazole rings is 1. The average Bonchev–Trinajstić information content (AvgIpc) is 3.79. The quantitative estimate of drug-likeness (QED) is 0.174. The smallest absolute Gasteiger partial charge is 0.307 e. The Hall–Kier alpha value is -5.18. The molecule has 0 aliphatic carbocycles. The number of rotatable bonds is 7. The van der Waals surface area contributed by atoms with Crippen LogP contribution in [0.5, 0.6) is 0 Å². The van der Waals surface area contributed by atoms with E-state index in [9.17, 15) is 20.0 Å². The number of benzene rings is 3. The lowest BCUT2D eigenvalue weighted by Gasteiger charge is -2.20. The molecule has 0 bridgehead atoms. The van der Waals surface area contributed by atoms with Gasteiger partial charge in [0.05, 0.1) is 27.9 Å². The van der Waals surface area contributed by atoms with E-state index >= 15 is 0 Å². The summed E-state index contributed by atoms with van der Waals surface area (Å²) in [6.07, 6.45) is 2.42. The SMILES string of the molecule is Cc1c(-c2nc3cc(CN4CC[C@H](C(=O)O)C4)cc(C#N)c3o2)cccc1-c1cccc(NC(=O)c2nc3c(n2C)CCC(C)N3)c1Cl. The molecule has 0 spiro atoms. The van der Waals surface area contributed by atoms with Gasteiger partial charge in [0.2, 0.25) is 11.7 Å². The molecule has 48 heavy (non-hydrogen) atoms. The van der Waals surface area contributed by atoms with Crippen LogP contribution in [0.1, 0.15) is 52.8 Å². The number of halogens is 1. The fourth-order valence-electron chi connectivity index (χ4n) is 6.79. The number of carboxylic acid groups (broad SMARTS) is 1. The second-order valence-corrected chi connectivity index (χ2v) is 13.0. The zero-order valence-corrected chi connectivity index (χ0v) is 27.6. The zero-order valence-electron chi connectivity index (χ0n) is 26.8. The first-order valence-corrected chi connectivity index (χ1v) is 16.3. The third-order valence-electron chi connectivity index (χ3n) is 9.41. The van der Waals surface area contributed by atoms with Crippen LogP contribution >= 0.6 is 11.6 Å². The van der Waals surface area contributed by atoms with Crippen LogP contribution in [-0.4, -0.2) is 55.5 Å². The number of anilines is 2. The summed E-state index contributed by atoms with van der Waals surface area (Å²) in [4.78, 5) is 36.2. The van der Waals surface area contributed by atoms with Crippen LogP contribution in [0.4, 0.5) is 11.5 Å². The highest BCUT2D eigenvalue weighted by Gasteiger charge is 2.29. The van der Waals surface area contributed by atoms with Crippen molar-refractivity contribution < 1.29 is 19.1 Å². The monoisotopic (exact) mass is 663 g/mol. The first-order chi connectivity index (χ1) is 23.1. The number of hydrogen-bond donors (Lipinski definition) is 3. The van der Waals surface area contributed by atoms with Gasteiger partial charge in [-0.1, -0.05) is 35.9 Å². The van der Waals surface area contributed by atoms with E-state index in [0.717, 1.165) is 52.2 Å². The maximum Gasteiger partial charge on any atom is 0.307 e. The summed E-state index contributed by atoms with van der Waals surface area (Å²) in [7, 11) is 1.85. The van der Waals surface area contributed by atoms with Gasteiger partial charge in [-0.05, 0) is 80.6 Å². The largest absolute Gasteiger partial charge is 0.481 e. The van der Waals surface area contributed by atoms with E-state index in [1.807, 2.05) is 54.9 Å². The van der Waals surface area contributed by atoms with Gasteiger partial charge in [-0.25, -0.2) is 9.97 Å². The minimum atomic E-state index is -0.780. The second kappa shape index (κ2) is 12.4. The maximum atomic E-state index is 13.4. The minimum absolute atomic E-state index is 0.296. The van der Waals surface area contributed by atoms with Crippen LogP contribution in [0.15, 0.2) is 52.9 Å². The van der Waals surface area contributed by atoms with Crippen LogP contribution in [0.3, 0.4) is 0 Å². The van der Waals surface area contributed by atoms with Gasteiger partial charge in [0, 0.05) is 37.3 Å². The number of imidazole rings is 1. The molecule has 244 valence electrons. The molecule has 3 aromatic carbocycles. The Morgan fingerprint density at radius 3 is 2.69 bits per heavy atom. The van der Waals surface area contributed by atoms with E-state index in [1.54, 1.807) is 12.1 Å². The molecule has 2 aliphatic heterocycles. The molecular weight excluding hydrogens is 630 g/mol. The Bertz CT molecular complexity index is 2150. The first kappa shape index (κ1) is 31.4. The molecule has 1 fully saturated rings. The number of likely N-dealkylation sites (tertiary alicyclic amines) is 1. The number of hydrogen-bond acceptors (Lipinski definition) is 8. The van der Waals surface area contributed by atoms with Crippen molar-refractivity contribution in [2.75, 3.05) is 23.7 Å². The van der Waals surface area contributed by atoms with Crippen molar-refractivity contribution in [2.45, 2.75) is 45.7 Å². The van der Waals surface area contributed by atoms with Crippen LogP contribution in [-0.2, 0) is 24.8 Å². The molecule has 4 heterocycles. The number of nitrogens with one attached hydrogen (secondary N) is 2. The fraction of sp³-hybridized carbons (Fsp3) is 0.306. The van der Waals surface area contributed by atoms with Gasteiger partial charge in [-0.15, -0.1) is 0 Å². The van der Waals surface area contributed by atoms with Crippen LogP contribution in [0.25, 0.3) is 33.7 Å². The van der Waals surface area contributed by atoms with Crippen molar-refractivity contribution in [1.29, 1.82) is 5.26 Å². The molecule has 3 N–H and O–H groups in total. The number of carbonyl (C=O) groups is 2. The molecule has 12 heteroatoms. The number of amides is 1. The van der Waals surface area contributed by atoms with Crippen molar-refractivity contribution in [3.63, 3.8) is 0 Å². The van der Waals surface area contributed by atoms with Crippen LogP contribution in [0.2, 0.25) is 5.02 Å². The van der Waals surface area contributed by atoms with E-state index in [4.69, 9.17) is 21.0 Å². The predicted octanol–water partition coefficient (Wildman–Crippen LogP) is 6.63. The summed E-state index contributed by atoms with van der Waals surface area (Å²) in [5, 5.41) is 26.0. The Labute approximate surface area is 282 Å². The van der Waals surface area contributed by atoms with E-state index in [-0.39, 0.29) is 11.8 Å². The van der Waals surface area contributed by atoms with Crippen molar-refractivity contribution in [1.82, 2.24) is 19.4 Å². The number of carboxylic acids is 1. The molecule has 5 aromatic rings. The minimum Gasteiger partial charge on any atom is -0.481 e. The molecule has 0 saturated carbocycles. The van der Waals surface area contributed by atoms with Crippen molar-refractivity contribution >= 4 is 46.1 Å². The van der Waals surface area contributed by atoms with Gasteiger partial charge in [-0.2, -0.15) is 5.26 Å². The first-order valence-electron chi connectivity index (χ1n) is 15.9. The van der Waals surface area contributed by atoms with E-state index in [1.165, 1.54) is 0 Å². The lowest BCUT2D eigenvalue weighted by Crippen LogP contribution is -2.22. The molecule has 1 amide bonds. The number of carbonyl (C=O) groups excluding carboxylic acids is 1. The third kappa shape index (κ3) is 5.67. The highest BCUT2D eigenvalue weighted by Crippen LogP contribution is 2.39. The summed E-state index contributed by atoms with van der Waals surface area (Å²) < 4.78 is 8.03. The molecular formula is C36H34ClN7O4. The van der Waals surface area contributed by atoms with Crippen LogP contribution < -0.4 is 10.6 Å². The Balaban J connectivity index is 1.17. The molecule has 1 saturated heterocycles. The van der Waals surface area contributed by atoms with Crippen molar-refractivity contribution in [3.8, 4) is 28.7 Å². The lowest BCUT2D eigenvalue weighted by atomic mass is 9.96. The highest BCUT2D eigenvalue weighted by atomic mass is 35.5. The number of nitriles is 1. The number of aromatic nitrogens is 3. The molecule has 0 radical (unpaired) electrons. The van der Waals surface area contributed by atoms with Crippen molar-refractivity contribution in [2.24, 2.45) is 13.0 Å². The summed E-state index contributed by atoms with van der Waals surface area (Å²) in [5.74, 6) is -0.0922. The van der Waals surface area contributed by atoms with Gasteiger partial charge < -0.3 is 24.7 Å². The standard InChI is InChI=1S/C36H34ClN7O4/c1-19-10-11-29-32(39-19)42-33(43(29)3)34(45)40-27-9-5-8-26(30(27)37)24-6-4-7-25(20(24)2)35-41-28-15-21(14-23(16-38)31(28)48-35)17-44-13-12-22(18-44)36(46)47/h4-9,14-15,19,22,39H,10-13,17-18H2,1-3H3,(H,40,45)(H,46,47)/t19?,22-/m0/s1. The summed E-state index contributed by atoms with van der Waals surface area (Å²) >= 11 is 6.96. The molecule has 11 nitrogen and oxygen atoms in total. The molecule has 2 aliphatic rings. The highest BCUT2D eigenvalue weighted by molar-refractivity contribution is 6.36. The third-order valence-corrected chi connectivity index (χ3v) is 9.82.